The van der Waals surface area contributed by atoms with Crippen molar-refractivity contribution in [2.75, 3.05) is 5.32 Å². The van der Waals surface area contributed by atoms with Crippen LogP contribution in [-0.2, 0) is 0 Å². The van der Waals surface area contributed by atoms with Gasteiger partial charge in [-0.05, 0) is 41.3 Å². The van der Waals surface area contributed by atoms with E-state index in [1.807, 2.05) is 0 Å². The van der Waals surface area contributed by atoms with Gasteiger partial charge in [0.2, 0.25) is 0 Å². The van der Waals surface area contributed by atoms with Crippen molar-refractivity contribution < 1.29 is 0 Å². The van der Waals surface area contributed by atoms with Crippen LogP contribution in [0.2, 0.25) is 0 Å². The van der Waals surface area contributed by atoms with E-state index in [1.165, 1.54) is 42.1 Å². The van der Waals surface area contributed by atoms with Gasteiger partial charge in [0, 0.05) is 17.6 Å². The molecule has 1 aliphatic carbocycles. The van der Waals surface area contributed by atoms with Crippen molar-refractivity contribution in [3.05, 3.63) is 42.0 Å². The molecule has 0 radical (unpaired) electrons. The summed E-state index contributed by atoms with van der Waals surface area (Å²) in [6, 6.07) is 14.1. The SMILES string of the molecule is c1ccc2cc3c(cc2c1)NC1CCCCC31. The van der Waals surface area contributed by atoms with E-state index in [9.17, 15) is 0 Å². The third-order valence-electron chi connectivity index (χ3n) is 4.42. The summed E-state index contributed by atoms with van der Waals surface area (Å²) in [4.78, 5) is 0. The third-order valence-corrected chi connectivity index (χ3v) is 4.42. The lowest BCUT2D eigenvalue weighted by Gasteiger charge is -2.25. The highest BCUT2D eigenvalue weighted by molar-refractivity contribution is 5.88. The number of hydrogen-bond acceptors (Lipinski definition) is 1. The van der Waals surface area contributed by atoms with Crippen LogP contribution in [0, 0.1) is 0 Å². The molecule has 17 heavy (non-hydrogen) atoms. The van der Waals surface area contributed by atoms with Gasteiger partial charge in [-0.2, -0.15) is 0 Å². The zero-order chi connectivity index (χ0) is 11.2. The molecule has 0 aromatic heterocycles. The van der Waals surface area contributed by atoms with Crippen LogP contribution in [0.4, 0.5) is 5.69 Å². The normalized spacial score (nSPS) is 26.4. The quantitative estimate of drug-likeness (QED) is 0.702. The van der Waals surface area contributed by atoms with E-state index in [-0.39, 0.29) is 0 Å². The summed E-state index contributed by atoms with van der Waals surface area (Å²) in [5, 5.41) is 6.48. The smallest absolute Gasteiger partial charge is 0.0385 e. The second kappa shape index (κ2) is 3.49. The van der Waals surface area contributed by atoms with Gasteiger partial charge in [-0.1, -0.05) is 37.1 Å². The predicted molar refractivity (Wildman–Crippen MR) is 72.6 cm³/mol. The summed E-state index contributed by atoms with van der Waals surface area (Å²) in [7, 11) is 0. The fourth-order valence-electron chi connectivity index (χ4n) is 3.57. The second-order valence-electron chi connectivity index (χ2n) is 5.43. The Hall–Kier alpha value is -1.50. The average molecular weight is 223 g/mol. The first-order valence-electron chi connectivity index (χ1n) is 6.71. The number of hydrogen-bond donors (Lipinski definition) is 1. The van der Waals surface area contributed by atoms with Crippen molar-refractivity contribution >= 4 is 16.5 Å². The standard InChI is InChI=1S/C16H17N/c1-2-6-12-10-16-14(9-11(12)5-1)13-7-3-4-8-15(13)17-16/h1-2,5-6,9-10,13,15,17H,3-4,7-8H2. The zero-order valence-corrected chi connectivity index (χ0v) is 9.95. The molecule has 1 nitrogen and oxygen atoms in total. The molecule has 2 unspecified atom stereocenters. The minimum Gasteiger partial charge on any atom is -0.381 e. The maximum absolute atomic E-state index is 3.73. The van der Waals surface area contributed by atoms with Crippen molar-refractivity contribution in [2.45, 2.75) is 37.6 Å². The molecule has 2 aliphatic rings. The summed E-state index contributed by atoms with van der Waals surface area (Å²) in [6.45, 7) is 0. The summed E-state index contributed by atoms with van der Waals surface area (Å²) >= 11 is 0. The molecule has 1 heterocycles. The third kappa shape index (κ3) is 1.38. The number of anilines is 1. The molecule has 2 aromatic rings. The first-order chi connectivity index (χ1) is 8.42. The van der Waals surface area contributed by atoms with E-state index in [1.54, 1.807) is 5.56 Å². The van der Waals surface area contributed by atoms with Gasteiger partial charge in [-0.25, -0.2) is 0 Å². The van der Waals surface area contributed by atoms with Gasteiger partial charge in [-0.15, -0.1) is 0 Å². The number of rotatable bonds is 0. The molecule has 4 rings (SSSR count). The van der Waals surface area contributed by atoms with Crippen LogP contribution in [-0.4, -0.2) is 6.04 Å². The molecule has 0 bridgehead atoms. The number of benzene rings is 2. The van der Waals surface area contributed by atoms with Crippen LogP contribution in [0.15, 0.2) is 36.4 Å². The molecule has 1 N–H and O–H groups in total. The highest BCUT2D eigenvalue weighted by Crippen LogP contribution is 2.45. The van der Waals surface area contributed by atoms with E-state index < -0.39 is 0 Å². The molecule has 0 saturated heterocycles. The monoisotopic (exact) mass is 223 g/mol. The minimum atomic E-state index is 0.704. The summed E-state index contributed by atoms with van der Waals surface area (Å²) in [5.41, 5.74) is 2.95. The lowest BCUT2D eigenvalue weighted by Crippen LogP contribution is -2.23. The van der Waals surface area contributed by atoms with Crippen LogP contribution in [0.1, 0.15) is 37.2 Å². The Morgan fingerprint density at radius 1 is 0.941 bits per heavy atom. The second-order valence-corrected chi connectivity index (χ2v) is 5.43. The van der Waals surface area contributed by atoms with Crippen LogP contribution >= 0.6 is 0 Å². The van der Waals surface area contributed by atoms with Gasteiger partial charge in [0.1, 0.15) is 0 Å². The Balaban J connectivity index is 1.89. The topological polar surface area (TPSA) is 12.0 Å². The van der Waals surface area contributed by atoms with E-state index in [2.05, 4.69) is 41.7 Å². The first kappa shape index (κ1) is 9.52. The number of fused-ring (bicyclic) bond motifs is 4. The van der Waals surface area contributed by atoms with Crippen molar-refractivity contribution in [1.82, 2.24) is 0 Å². The lowest BCUT2D eigenvalue weighted by atomic mass is 9.82. The van der Waals surface area contributed by atoms with E-state index in [0.717, 1.165) is 5.92 Å². The largest absolute Gasteiger partial charge is 0.381 e. The molecule has 86 valence electrons. The Morgan fingerprint density at radius 2 is 1.71 bits per heavy atom. The predicted octanol–water partition coefficient (Wildman–Crippen LogP) is 4.29. The molecule has 1 aliphatic heterocycles. The van der Waals surface area contributed by atoms with Crippen molar-refractivity contribution in [2.24, 2.45) is 0 Å². The highest BCUT2D eigenvalue weighted by Gasteiger charge is 2.33. The average Bonchev–Trinajstić information content (AvgIpc) is 2.73. The number of nitrogens with one attached hydrogen (secondary N) is 1. The maximum Gasteiger partial charge on any atom is 0.0385 e. The molecular weight excluding hydrogens is 206 g/mol. The van der Waals surface area contributed by atoms with Crippen LogP contribution in [0.25, 0.3) is 10.8 Å². The molecule has 2 aromatic carbocycles. The minimum absolute atomic E-state index is 0.704. The van der Waals surface area contributed by atoms with E-state index >= 15 is 0 Å². The molecule has 1 heteroatoms. The van der Waals surface area contributed by atoms with Gasteiger partial charge < -0.3 is 5.32 Å². The fourth-order valence-corrected chi connectivity index (χ4v) is 3.57. The summed E-state index contributed by atoms with van der Waals surface area (Å²) in [5.74, 6) is 0.767. The molecule has 0 amide bonds. The van der Waals surface area contributed by atoms with Gasteiger partial charge in [-0.3, -0.25) is 0 Å². The van der Waals surface area contributed by atoms with E-state index in [0.29, 0.717) is 6.04 Å². The lowest BCUT2D eigenvalue weighted by molar-refractivity contribution is 0.422. The summed E-state index contributed by atoms with van der Waals surface area (Å²) in [6.07, 6.45) is 5.50. The highest BCUT2D eigenvalue weighted by atomic mass is 15.0. The van der Waals surface area contributed by atoms with Gasteiger partial charge in [0.15, 0.2) is 0 Å². The Morgan fingerprint density at radius 3 is 2.59 bits per heavy atom. The Kier molecular flexibility index (Phi) is 1.96. The van der Waals surface area contributed by atoms with Crippen molar-refractivity contribution in [3.8, 4) is 0 Å². The van der Waals surface area contributed by atoms with Gasteiger partial charge in [0.25, 0.3) is 0 Å². The fraction of sp³-hybridized carbons (Fsp3) is 0.375. The molecule has 1 fully saturated rings. The molecular formula is C16H17N. The van der Waals surface area contributed by atoms with Gasteiger partial charge in [0.05, 0.1) is 0 Å². The van der Waals surface area contributed by atoms with Crippen LogP contribution < -0.4 is 5.32 Å². The molecule has 1 saturated carbocycles. The zero-order valence-electron chi connectivity index (χ0n) is 9.95. The van der Waals surface area contributed by atoms with Crippen LogP contribution in [0.3, 0.4) is 0 Å². The van der Waals surface area contributed by atoms with Crippen LogP contribution in [0.5, 0.6) is 0 Å². The maximum atomic E-state index is 3.73. The Labute approximate surface area is 102 Å². The van der Waals surface area contributed by atoms with Crippen molar-refractivity contribution in [1.29, 1.82) is 0 Å². The van der Waals surface area contributed by atoms with Gasteiger partial charge >= 0.3 is 0 Å². The summed E-state index contributed by atoms with van der Waals surface area (Å²) < 4.78 is 0. The first-order valence-corrected chi connectivity index (χ1v) is 6.71. The molecule has 2 atom stereocenters. The molecule has 0 spiro atoms. The van der Waals surface area contributed by atoms with E-state index in [4.69, 9.17) is 0 Å². The Bertz CT molecular complexity index is 573. The van der Waals surface area contributed by atoms with Crippen molar-refractivity contribution in [3.63, 3.8) is 0 Å².